The molecule has 2 aromatic carbocycles. The zero-order valence-corrected chi connectivity index (χ0v) is 11.9. The van der Waals surface area contributed by atoms with Gasteiger partial charge >= 0.3 is 6.03 Å². The highest BCUT2D eigenvalue weighted by Crippen LogP contribution is 2.41. The predicted octanol–water partition coefficient (Wildman–Crippen LogP) is 4.17. The van der Waals surface area contributed by atoms with Gasteiger partial charge in [-0.15, -0.1) is 0 Å². The summed E-state index contributed by atoms with van der Waals surface area (Å²) in [7, 11) is 0. The molecule has 1 saturated carbocycles. The Morgan fingerprint density at radius 2 is 1.73 bits per heavy atom. The second kappa shape index (κ2) is 5.75. The minimum atomic E-state index is -0.987. The third-order valence-electron chi connectivity index (χ3n) is 4.06. The fourth-order valence-electron chi connectivity index (χ4n) is 2.73. The summed E-state index contributed by atoms with van der Waals surface area (Å²) in [5.41, 5.74) is 0.907. The standard InChI is InChI=1S/C17H16F2N2O/c18-14-8-7-13(11-15(14)19)20-16(22)21-17(9-4-10-17)12-5-2-1-3-6-12/h1-3,5-8,11H,4,9-10H2,(H2,20,21,22). The van der Waals surface area contributed by atoms with Crippen LogP contribution in [0.1, 0.15) is 24.8 Å². The normalized spacial score (nSPS) is 15.7. The molecular weight excluding hydrogens is 286 g/mol. The SMILES string of the molecule is O=C(Nc1ccc(F)c(F)c1)NC1(c2ccccc2)CCC1. The minimum absolute atomic E-state index is 0.221. The summed E-state index contributed by atoms with van der Waals surface area (Å²) in [6.45, 7) is 0. The van der Waals surface area contributed by atoms with Gasteiger partial charge in [0, 0.05) is 11.8 Å². The zero-order valence-electron chi connectivity index (χ0n) is 11.9. The van der Waals surface area contributed by atoms with Crippen molar-refractivity contribution < 1.29 is 13.6 Å². The Balaban J connectivity index is 1.71. The van der Waals surface area contributed by atoms with Gasteiger partial charge in [-0.3, -0.25) is 0 Å². The van der Waals surface area contributed by atoms with E-state index in [0.717, 1.165) is 37.0 Å². The van der Waals surface area contributed by atoms with Gasteiger partial charge in [-0.05, 0) is 37.0 Å². The number of nitrogens with one attached hydrogen (secondary N) is 2. The number of urea groups is 1. The van der Waals surface area contributed by atoms with Crippen LogP contribution in [0, 0.1) is 11.6 Å². The maximum Gasteiger partial charge on any atom is 0.319 e. The number of hydrogen-bond acceptors (Lipinski definition) is 1. The molecule has 0 aliphatic heterocycles. The molecule has 5 heteroatoms. The lowest BCUT2D eigenvalue weighted by Gasteiger charge is -2.43. The monoisotopic (exact) mass is 302 g/mol. The molecule has 1 aliphatic carbocycles. The Hall–Kier alpha value is -2.43. The largest absolute Gasteiger partial charge is 0.328 e. The highest BCUT2D eigenvalue weighted by molar-refractivity contribution is 5.90. The van der Waals surface area contributed by atoms with E-state index in [2.05, 4.69) is 10.6 Å². The fourth-order valence-corrected chi connectivity index (χ4v) is 2.73. The molecule has 22 heavy (non-hydrogen) atoms. The molecule has 0 radical (unpaired) electrons. The van der Waals surface area contributed by atoms with Crippen molar-refractivity contribution in [2.75, 3.05) is 5.32 Å². The molecule has 0 saturated heterocycles. The Morgan fingerprint density at radius 3 is 2.32 bits per heavy atom. The summed E-state index contributed by atoms with van der Waals surface area (Å²) in [4.78, 5) is 12.2. The first-order valence-electron chi connectivity index (χ1n) is 7.19. The molecule has 0 bridgehead atoms. The van der Waals surface area contributed by atoms with Gasteiger partial charge in [-0.2, -0.15) is 0 Å². The van der Waals surface area contributed by atoms with Gasteiger partial charge in [0.1, 0.15) is 0 Å². The summed E-state index contributed by atoms with van der Waals surface area (Å²) in [6, 6.07) is 12.6. The van der Waals surface area contributed by atoms with Crippen molar-refractivity contribution in [3.05, 3.63) is 65.7 Å². The lowest BCUT2D eigenvalue weighted by molar-refractivity contribution is 0.185. The summed E-state index contributed by atoms with van der Waals surface area (Å²) < 4.78 is 26.1. The van der Waals surface area contributed by atoms with E-state index in [1.165, 1.54) is 6.07 Å². The number of hydrogen-bond donors (Lipinski definition) is 2. The molecule has 0 unspecified atom stereocenters. The van der Waals surface area contributed by atoms with Crippen molar-refractivity contribution in [1.29, 1.82) is 0 Å². The predicted molar refractivity (Wildman–Crippen MR) is 80.5 cm³/mol. The van der Waals surface area contributed by atoms with E-state index in [0.29, 0.717) is 0 Å². The summed E-state index contributed by atoms with van der Waals surface area (Å²) in [6.07, 6.45) is 2.77. The van der Waals surface area contributed by atoms with Crippen LogP contribution in [0.4, 0.5) is 19.3 Å². The molecule has 1 fully saturated rings. The van der Waals surface area contributed by atoms with Crippen LogP contribution >= 0.6 is 0 Å². The first-order chi connectivity index (χ1) is 10.6. The van der Waals surface area contributed by atoms with Gasteiger partial charge in [-0.25, -0.2) is 13.6 Å². The minimum Gasteiger partial charge on any atom is -0.328 e. The molecular formula is C17H16F2N2O. The second-order valence-corrected chi connectivity index (χ2v) is 5.51. The van der Waals surface area contributed by atoms with Crippen LogP contribution < -0.4 is 10.6 Å². The van der Waals surface area contributed by atoms with E-state index in [4.69, 9.17) is 0 Å². The average Bonchev–Trinajstić information content (AvgIpc) is 2.48. The van der Waals surface area contributed by atoms with Gasteiger partial charge in [0.15, 0.2) is 11.6 Å². The Kier molecular flexibility index (Phi) is 3.79. The van der Waals surface area contributed by atoms with Crippen LogP contribution in [0.5, 0.6) is 0 Å². The highest BCUT2D eigenvalue weighted by atomic mass is 19.2. The zero-order chi connectivity index (χ0) is 15.6. The molecule has 3 rings (SSSR count). The van der Waals surface area contributed by atoms with Crippen LogP contribution in [-0.2, 0) is 5.54 Å². The lowest BCUT2D eigenvalue weighted by Crippen LogP contribution is -2.52. The van der Waals surface area contributed by atoms with E-state index < -0.39 is 17.7 Å². The van der Waals surface area contributed by atoms with Crippen molar-refractivity contribution in [3.8, 4) is 0 Å². The number of carbonyl (C=O) groups excluding carboxylic acids is 1. The van der Waals surface area contributed by atoms with Crippen molar-refractivity contribution in [3.63, 3.8) is 0 Å². The van der Waals surface area contributed by atoms with E-state index in [-0.39, 0.29) is 11.2 Å². The first kappa shape index (κ1) is 14.5. The number of rotatable bonds is 3. The number of halogens is 2. The number of amides is 2. The molecule has 2 N–H and O–H groups in total. The fraction of sp³-hybridized carbons (Fsp3) is 0.235. The second-order valence-electron chi connectivity index (χ2n) is 5.51. The molecule has 3 nitrogen and oxygen atoms in total. The number of carbonyl (C=O) groups is 1. The topological polar surface area (TPSA) is 41.1 Å². The summed E-state index contributed by atoms with van der Waals surface area (Å²) >= 11 is 0. The summed E-state index contributed by atoms with van der Waals surface area (Å²) in [5.74, 6) is -1.93. The number of benzene rings is 2. The first-order valence-corrected chi connectivity index (χ1v) is 7.19. The van der Waals surface area contributed by atoms with Crippen LogP contribution in [-0.4, -0.2) is 6.03 Å². The quantitative estimate of drug-likeness (QED) is 0.878. The lowest BCUT2D eigenvalue weighted by atomic mass is 9.72. The number of anilines is 1. The molecule has 2 aromatic rings. The van der Waals surface area contributed by atoms with Gasteiger partial charge in [0.25, 0.3) is 0 Å². The van der Waals surface area contributed by atoms with Crippen LogP contribution in [0.25, 0.3) is 0 Å². The van der Waals surface area contributed by atoms with Crippen LogP contribution in [0.3, 0.4) is 0 Å². The van der Waals surface area contributed by atoms with Crippen molar-refractivity contribution in [1.82, 2.24) is 5.32 Å². The van der Waals surface area contributed by atoms with Gasteiger partial charge in [0.2, 0.25) is 0 Å². The summed E-state index contributed by atoms with van der Waals surface area (Å²) in [5, 5.41) is 5.51. The Labute approximate surface area is 127 Å². The van der Waals surface area contributed by atoms with E-state index in [9.17, 15) is 13.6 Å². The van der Waals surface area contributed by atoms with E-state index in [1.807, 2.05) is 30.3 Å². The van der Waals surface area contributed by atoms with Crippen molar-refractivity contribution >= 4 is 11.7 Å². The average molecular weight is 302 g/mol. The molecule has 1 aliphatic rings. The highest BCUT2D eigenvalue weighted by Gasteiger charge is 2.39. The third-order valence-corrected chi connectivity index (χ3v) is 4.06. The van der Waals surface area contributed by atoms with E-state index >= 15 is 0 Å². The van der Waals surface area contributed by atoms with Crippen molar-refractivity contribution in [2.24, 2.45) is 0 Å². The Morgan fingerprint density at radius 1 is 1.00 bits per heavy atom. The molecule has 0 aromatic heterocycles. The van der Waals surface area contributed by atoms with Gasteiger partial charge in [0.05, 0.1) is 5.54 Å². The van der Waals surface area contributed by atoms with Crippen LogP contribution in [0.2, 0.25) is 0 Å². The van der Waals surface area contributed by atoms with Crippen molar-refractivity contribution in [2.45, 2.75) is 24.8 Å². The van der Waals surface area contributed by atoms with Gasteiger partial charge in [-0.1, -0.05) is 30.3 Å². The molecule has 0 spiro atoms. The maximum atomic E-state index is 13.2. The Bertz CT molecular complexity index is 684. The molecule has 2 amide bonds. The van der Waals surface area contributed by atoms with Crippen LogP contribution in [0.15, 0.2) is 48.5 Å². The maximum absolute atomic E-state index is 13.2. The van der Waals surface area contributed by atoms with Gasteiger partial charge < -0.3 is 10.6 Å². The molecule has 0 atom stereocenters. The molecule has 114 valence electrons. The smallest absolute Gasteiger partial charge is 0.319 e. The van der Waals surface area contributed by atoms with E-state index in [1.54, 1.807) is 0 Å². The third kappa shape index (κ3) is 2.79. The molecule has 0 heterocycles.